The van der Waals surface area contributed by atoms with Crippen LogP contribution < -0.4 is 0 Å². The molecule has 0 aliphatic rings. The van der Waals surface area contributed by atoms with Gasteiger partial charge in [-0.25, -0.2) is 0 Å². The lowest BCUT2D eigenvalue weighted by Gasteiger charge is -2.22. The van der Waals surface area contributed by atoms with Crippen LogP contribution in [0.15, 0.2) is 91.8 Å². The van der Waals surface area contributed by atoms with E-state index in [0.29, 0.717) is 49.8 Å². The van der Waals surface area contributed by atoms with E-state index in [1.54, 1.807) is 0 Å². The highest BCUT2D eigenvalue weighted by atomic mass is 32.1. The van der Waals surface area contributed by atoms with Crippen molar-refractivity contribution in [2.45, 2.75) is 119 Å². The number of hydrogen-bond donors (Lipinski definition) is 0. The summed E-state index contributed by atoms with van der Waals surface area (Å²) in [6, 6.07) is 19.9. The number of rotatable bonds is 12. The van der Waals surface area contributed by atoms with Crippen LogP contribution in [0, 0.1) is 14.3 Å². The summed E-state index contributed by atoms with van der Waals surface area (Å²) in [6.45, 7) is 27.0. The number of imidazole rings is 3. The summed E-state index contributed by atoms with van der Waals surface area (Å²) < 4.78 is 15.0. The molecule has 0 saturated carbocycles. The summed E-state index contributed by atoms with van der Waals surface area (Å²) in [5, 5.41) is 0. The Balaban J connectivity index is 1.67. The van der Waals surface area contributed by atoms with E-state index >= 15 is 0 Å². The molecule has 288 valence electrons. The van der Waals surface area contributed by atoms with Gasteiger partial charge in [-0.2, -0.15) is 0 Å². The number of hydrogen-bond acceptors (Lipinski definition) is 3. The predicted molar refractivity (Wildman–Crippen MR) is 240 cm³/mol. The molecule has 6 aromatic rings. The second-order valence-corrected chi connectivity index (χ2v) is 17.8. The van der Waals surface area contributed by atoms with Crippen molar-refractivity contribution >= 4 is 43.8 Å². The Labute approximate surface area is 344 Å². The molecule has 0 saturated heterocycles. The number of nitrogens with zero attached hydrogens (tertiary/aromatic N) is 6. The zero-order valence-electron chi connectivity index (χ0n) is 34.6. The topological polar surface area (TPSA) is 29.6 Å². The van der Waals surface area contributed by atoms with Crippen LogP contribution in [0.5, 0.6) is 0 Å². The van der Waals surface area contributed by atoms with Gasteiger partial charge in [0, 0.05) is 37.2 Å². The second kappa shape index (κ2) is 16.2. The van der Waals surface area contributed by atoms with Crippen molar-refractivity contribution in [1.29, 1.82) is 0 Å². The maximum absolute atomic E-state index is 6.50. The summed E-state index contributed by atoms with van der Waals surface area (Å²) in [5.74, 6) is 1.87. The zero-order valence-corrected chi connectivity index (χ0v) is 37.1. The van der Waals surface area contributed by atoms with Crippen LogP contribution in [0.25, 0.3) is 17.1 Å². The highest BCUT2D eigenvalue weighted by molar-refractivity contribution is 7.71. The molecule has 0 amide bonds. The Morgan fingerprint density at radius 2 is 0.545 bits per heavy atom. The van der Waals surface area contributed by atoms with Crippen LogP contribution in [0.3, 0.4) is 0 Å². The molecule has 3 aromatic carbocycles. The molecule has 0 aliphatic heterocycles. The van der Waals surface area contributed by atoms with E-state index in [-0.39, 0.29) is 0 Å². The van der Waals surface area contributed by atoms with Gasteiger partial charge in [-0.3, -0.25) is 13.7 Å². The maximum atomic E-state index is 6.50. The van der Waals surface area contributed by atoms with Crippen molar-refractivity contribution < 1.29 is 0 Å². The first kappa shape index (κ1) is 40.7. The lowest BCUT2D eigenvalue weighted by atomic mass is 9.92. The summed E-state index contributed by atoms with van der Waals surface area (Å²) in [4.78, 5) is 0. The monoisotopic (exact) mass is 788 g/mol. The minimum Gasteiger partial charge on any atom is -0.326 e. The van der Waals surface area contributed by atoms with Gasteiger partial charge >= 0.3 is 7.12 Å². The van der Waals surface area contributed by atoms with E-state index in [9.17, 15) is 0 Å². The van der Waals surface area contributed by atoms with Crippen LogP contribution in [0.2, 0.25) is 0 Å². The average molecular weight is 789 g/mol. The third-order valence-corrected chi connectivity index (χ3v) is 12.1. The maximum Gasteiger partial charge on any atom is 0.523 e. The Morgan fingerprint density at radius 1 is 0.345 bits per heavy atom. The average Bonchev–Trinajstić information content (AvgIpc) is 3.83. The largest absolute Gasteiger partial charge is 0.523 e. The van der Waals surface area contributed by atoms with Crippen molar-refractivity contribution in [3.05, 3.63) is 139 Å². The predicted octanol–water partition coefficient (Wildman–Crippen LogP) is 13.3. The van der Waals surface area contributed by atoms with E-state index in [2.05, 4.69) is 202 Å². The number of aromatic nitrogens is 6. The zero-order chi connectivity index (χ0) is 40.0. The van der Waals surface area contributed by atoms with Crippen LogP contribution >= 0.6 is 36.7 Å². The van der Waals surface area contributed by atoms with Gasteiger partial charge in [0.05, 0.1) is 17.1 Å². The van der Waals surface area contributed by atoms with Crippen molar-refractivity contribution in [2.24, 2.45) is 0 Å². The molecule has 3 aromatic heterocycles. The first-order chi connectivity index (χ1) is 26.1. The molecule has 0 N–H and O–H groups in total. The lowest BCUT2D eigenvalue weighted by molar-refractivity contribution is 0.791. The molecule has 0 fully saturated rings. The molecule has 3 heterocycles. The minimum atomic E-state index is -0.521. The Kier molecular flexibility index (Phi) is 12.0. The highest BCUT2D eigenvalue weighted by Gasteiger charge is 2.31. The normalized spacial score (nSPS) is 12.1. The minimum absolute atomic E-state index is 0.312. The van der Waals surface area contributed by atoms with E-state index in [1.165, 1.54) is 33.4 Å². The second-order valence-electron chi connectivity index (χ2n) is 16.7. The molecule has 0 spiro atoms. The first-order valence-electron chi connectivity index (χ1n) is 19.8. The molecule has 0 radical (unpaired) electrons. The fourth-order valence-corrected chi connectivity index (χ4v) is 8.90. The Morgan fingerprint density at radius 3 is 0.727 bits per heavy atom. The van der Waals surface area contributed by atoms with E-state index in [1.807, 2.05) is 0 Å². The third kappa shape index (κ3) is 7.38. The van der Waals surface area contributed by atoms with E-state index < -0.39 is 7.12 Å². The Hall–Kier alpha value is -3.99. The highest BCUT2D eigenvalue weighted by Crippen LogP contribution is 2.35. The molecule has 0 unspecified atom stereocenters. The SMILES string of the molecule is CC(C)c1cccc(C(C)C)c1-n1ccn(B(n2ccn(-c3c(C(C)C)cccc3C(C)C)c2=S)n2ccn(-c3c(C(C)C)cccc3C(C)C)c2=S)c1=S. The summed E-state index contributed by atoms with van der Waals surface area (Å²) in [5.41, 5.74) is 11.0. The molecule has 6 nitrogen and oxygen atoms in total. The smallest absolute Gasteiger partial charge is 0.326 e. The fraction of sp³-hybridized carbons (Fsp3) is 0.400. The Bertz CT molecular complexity index is 2140. The van der Waals surface area contributed by atoms with Crippen LogP contribution in [0.1, 0.15) is 152 Å². The van der Waals surface area contributed by atoms with Gasteiger partial charge < -0.3 is 13.4 Å². The van der Waals surface area contributed by atoms with Gasteiger partial charge in [-0.05, 0) is 106 Å². The van der Waals surface area contributed by atoms with Gasteiger partial charge in [0.15, 0.2) is 14.3 Å². The summed E-state index contributed by atoms with van der Waals surface area (Å²) in [6.07, 6.45) is 12.6. The van der Waals surface area contributed by atoms with Crippen molar-refractivity contribution in [2.75, 3.05) is 0 Å². The third-order valence-electron chi connectivity index (χ3n) is 10.9. The molecule has 55 heavy (non-hydrogen) atoms. The summed E-state index contributed by atoms with van der Waals surface area (Å²) >= 11 is 19.5. The molecule has 10 heteroatoms. The molecule has 0 bridgehead atoms. The van der Waals surface area contributed by atoms with E-state index in [4.69, 9.17) is 36.7 Å². The molecular formula is C45H57BN6S3. The standard InChI is InChI=1S/C45H57BN6S3/c1-28(2)34-16-13-17-35(29(3)4)40(34)47-22-25-50(43(47)53)46(51-26-23-48(44(51)54)41-36(30(5)6)18-14-19-37(41)31(7)8)52-27-24-49(45(52)55)42-38(32(9)10)20-15-21-39(42)33(11)12/h13-33H,1-12H3. The van der Waals surface area contributed by atoms with Crippen molar-refractivity contribution in [3.63, 3.8) is 0 Å². The summed E-state index contributed by atoms with van der Waals surface area (Å²) in [7, 11) is -0.521. The van der Waals surface area contributed by atoms with Crippen molar-refractivity contribution in [1.82, 2.24) is 27.1 Å². The molecule has 6 rings (SSSR count). The fourth-order valence-electron chi connectivity index (χ4n) is 7.98. The number of benzene rings is 3. The first-order valence-corrected chi connectivity index (χ1v) is 21.1. The molecular weight excluding hydrogens is 732 g/mol. The number of para-hydroxylation sites is 3. The van der Waals surface area contributed by atoms with Gasteiger partial charge in [-0.15, -0.1) is 0 Å². The van der Waals surface area contributed by atoms with Crippen LogP contribution in [-0.2, 0) is 0 Å². The van der Waals surface area contributed by atoms with Crippen LogP contribution in [0.4, 0.5) is 0 Å². The van der Waals surface area contributed by atoms with Gasteiger partial charge in [0.1, 0.15) is 0 Å². The van der Waals surface area contributed by atoms with E-state index in [0.717, 1.165) is 17.1 Å². The van der Waals surface area contributed by atoms with Crippen molar-refractivity contribution in [3.8, 4) is 17.1 Å². The lowest BCUT2D eigenvalue weighted by Crippen LogP contribution is -2.41. The van der Waals surface area contributed by atoms with Gasteiger partial charge in [0.2, 0.25) is 0 Å². The van der Waals surface area contributed by atoms with Crippen LogP contribution in [-0.4, -0.2) is 34.3 Å². The molecule has 0 aliphatic carbocycles. The van der Waals surface area contributed by atoms with Gasteiger partial charge in [-0.1, -0.05) is 138 Å². The molecule has 0 atom stereocenters. The quantitative estimate of drug-likeness (QED) is 0.0914. The van der Waals surface area contributed by atoms with Gasteiger partial charge in [0.25, 0.3) is 0 Å².